The van der Waals surface area contributed by atoms with Crippen molar-refractivity contribution in [1.82, 2.24) is 10.4 Å². The highest BCUT2D eigenvalue weighted by Crippen LogP contribution is 2.30. The van der Waals surface area contributed by atoms with Gasteiger partial charge < -0.3 is 16.4 Å². The van der Waals surface area contributed by atoms with Crippen molar-refractivity contribution in [3.63, 3.8) is 0 Å². The molecule has 28 heavy (non-hydrogen) atoms. The van der Waals surface area contributed by atoms with Crippen molar-refractivity contribution >= 4 is 23.1 Å². The lowest BCUT2D eigenvalue weighted by Crippen LogP contribution is -2.36. The largest absolute Gasteiger partial charge is 0.416 e. The van der Waals surface area contributed by atoms with E-state index in [9.17, 15) is 18.0 Å². The van der Waals surface area contributed by atoms with Crippen LogP contribution >= 0.6 is 0 Å². The van der Waals surface area contributed by atoms with Crippen LogP contribution in [0.1, 0.15) is 18.1 Å². The van der Waals surface area contributed by atoms with Gasteiger partial charge in [-0.05, 0) is 36.4 Å². The van der Waals surface area contributed by atoms with Gasteiger partial charge in [0.1, 0.15) is 0 Å². The summed E-state index contributed by atoms with van der Waals surface area (Å²) in [6, 6.07) is 11.6. The third-order valence-corrected chi connectivity index (χ3v) is 3.65. The molecule has 2 aromatic carbocycles. The molecule has 150 valence electrons. The lowest BCUT2D eigenvalue weighted by molar-refractivity contribution is -0.137. The molecule has 0 fully saturated rings. The Bertz CT molecular complexity index is 836. The zero-order valence-electron chi connectivity index (χ0n) is 15.1. The van der Waals surface area contributed by atoms with E-state index in [1.807, 2.05) is 0 Å². The highest BCUT2D eigenvalue weighted by Gasteiger charge is 2.29. The molecule has 2 rings (SSSR count). The van der Waals surface area contributed by atoms with E-state index in [1.54, 1.807) is 24.3 Å². The number of amidine groups is 1. The number of amides is 1. The number of hydrazine groups is 1. The zero-order valence-corrected chi connectivity index (χ0v) is 15.1. The fraction of sp³-hybridized carbons (Fsp3) is 0.222. The van der Waals surface area contributed by atoms with Crippen molar-refractivity contribution in [1.29, 1.82) is 0 Å². The number of anilines is 2. The van der Waals surface area contributed by atoms with Gasteiger partial charge in [0.2, 0.25) is 5.91 Å². The van der Waals surface area contributed by atoms with Crippen LogP contribution in [-0.4, -0.2) is 30.0 Å². The molecule has 10 heteroatoms. The maximum absolute atomic E-state index is 12.7. The van der Waals surface area contributed by atoms with Gasteiger partial charge in [0.05, 0.1) is 12.1 Å². The fourth-order valence-corrected chi connectivity index (χ4v) is 2.30. The summed E-state index contributed by atoms with van der Waals surface area (Å²) in [5, 5.41) is 10.8. The summed E-state index contributed by atoms with van der Waals surface area (Å²) < 4.78 is 38.0. The first-order chi connectivity index (χ1) is 13.2. The van der Waals surface area contributed by atoms with Crippen LogP contribution in [0.3, 0.4) is 0 Å². The molecule has 0 aromatic heterocycles. The van der Waals surface area contributed by atoms with Crippen LogP contribution in [0.4, 0.5) is 24.5 Å². The Morgan fingerprint density at radius 2 is 1.79 bits per heavy atom. The number of hydrogen-bond acceptors (Lipinski definition) is 5. The summed E-state index contributed by atoms with van der Waals surface area (Å²) in [4.78, 5) is 10.9. The van der Waals surface area contributed by atoms with E-state index in [-0.39, 0.29) is 18.3 Å². The number of hydrogen-bond donors (Lipinski definition) is 4. The standard InChI is InChI=1S/C18H21F3N6O/c1-12(28)24-10-11-27(23)26-17(22)15-4-2-3-5-16(15)25-14-8-6-13(7-9-14)18(19,20)21/h2-9,25H,10-11,23H2,1H3,(H2,22,26)(H,24,28). The smallest absolute Gasteiger partial charge is 0.382 e. The molecule has 6 N–H and O–H groups in total. The minimum atomic E-state index is -4.39. The Morgan fingerprint density at radius 1 is 1.14 bits per heavy atom. The van der Waals surface area contributed by atoms with Gasteiger partial charge in [-0.3, -0.25) is 4.79 Å². The maximum atomic E-state index is 12.7. The zero-order chi connectivity index (χ0) is 20.7. The number of rotatable bonds is 7. The topological polar surface area (TPSA) is 109 Å². The van der Waals surface area contributed by atoms with E-state index >= 15 is 0 Å². The Hall–Kier alpha value is -3.27. The van der Waals surface area contributed by atoms with Crippen molar-refractivity contribution < 1.29 is 18.0 Å². The molecular formula is C18H21F3N6O. The number of benzene rings is 2. The summed E-state index contributed by atoms with van der Waals surface area (Å²) in [5.74, 6) is 5.67. The third-order valence-electron chi connectivity index (χ3n) is 3.65. The van der Waals surface area contributed by atoms with Crippen molar-refractivity contribution in [2.24, 2.45) is 16.7 Å². The highest BCUT2D eigenvalue weighted by atomic mass is 19.4. The molecule has 0 radical (unpaired) electrons. The monoisotopic (exact) mass is 394 g/mol. The number of hydrazone groups is 1. The summed E-state index contributed by atoms with van der Waals surface area (Å²) in [5.41, 5.74) is 6.83. The molecule has 0 heterocycles. The molecule has 0 aliphatic carbocycles. The normalized spacial score (nSPS) is 11.8. The first-order valence-electron chi connectivity index (χ1n) is 8.31. The minimum Gasteiger partial charge on any atom is -0.382 e. The van der Waals surface area contributed by atoms with Gasteiger partial charge in [-0.25, -0.2) is 11.0 Å². The van der Waals surface area contributed by atoms with Crippen LogP contribution in [0.15, 0.2) is 53.6 Å². The second kappa shape index (κ2) is 9.09. The number of carbonyl (C=O) groups is 1. The summed E-state index contributed by atoms with van der Waals surface area (Å²) in [7, 11) is 0. The molecule has 0 saturated heterocycles. The SMILES string of the molecule is CC(=O)NCCN(N)/N=C(\N)c1ccccc1Nc1ccc(C(F)(F)F)cc1. The predicted molar refractivity (Wildman–Crippen MR) is 101 cm³/mol. The Kier molecular flexibility index (Phi) is 6.83. The maximum Gasteiger partial charge on any atom is 0.416 e. The molecule has 2 aromatic rings. The van der Waals surface area contributed by atoms with E-state index < -0.39 is 11.7 Å². The van der Waals surface area contributed by atoms with Crippen LogP contribution in [0.25, 0.3) is 0 Å². The van der Waals surface area contributed by atoms with Gasteiger partial charge in [-0.2, -0.15) is 13.2 Å². The van der Waals surface area contributed by atoms with Crippen LogP contribution in [0, 0.1) is 0 Å². The quantitative estimate of drug-likeness (QED) is 0.250. The van der Waals surface area contributed by atoms with Crippen LogP contribution < -0.4 is 22.2 Å². The second-order valence-corrected chi connectivity index (χ2v) is 5.88. The lowest BCUT2D eigenvalue weighted by Gasteiger charge is -2.16. The third kappa shape index (κ3) is 6.16. The molecule has 0 spiro atoms. The number of carbonyl (C=O) groups excluding carboxylic acids is 1. The molecule has 1 amide bonds. The van der Waals surface area contributed by atoms with Crippen molar-refractivity contribution in [3.05, 3.63) is 59.7 Å². The molecule has 0 aliphatic rings. The number of nitrogens with one attached hydrogen (secondary N) is 2. The Labute approximate surface area is 160 Å². The molecular weight excluding hydrogens is 373 g/mol. The van der Waals surface area contributed by atoms with Crippen LogP contribution in [0.2, 0.25) is 0 Å². The first-order valence-corrected chi connectivity index (χ1v) is 8.31. The van der Waals surface area contributed by atoms with Gasteiger partial charge in [-0.1, -0.05) is 12.1 Å². The number of nitrogens with zero attached hydrogens (tertiary/aromatic N) is 2. The first kappa shape index (κ1) is 21.0. The summed E-state index contributed by atoms with van der Waals surface area (Å²) >= 11 is 0. The lowest BCUT2D eigenvalue weighted by atomic mass is 10.1. The molecule has 0 aliphatic heterocycles. The van der Waals surface area contributed by atoms with E-state index in [0.717, 1.165) is 17.3 Å². The summed E-state index contributed by atoms with van der Waals surface area (Å²) in [6.07, 6.45) is -4.39. The van der Waals surface area contributed by atoms with Crippen molar-refractivity contribution in [2.75, 3.05) is 18.4 Å². The van der Waals surface area contributed by atoms with E-state index in [1.165, 1.54) is 19.1 Å². The average molecular weight is 394 g/mol. The van der Waals surface area contributed by atoms with Gasteiger partial charge in [0.25, 0.3) is 0 Å². The van der Waals surface area contributed by atoms with Crippen molar-refractivity contribution in [3.8, 4) is 0 Å². The second-order valence-electron chi connectivity index (χ2n) is 5.88. The fourth-order valence-electron chi connectivity index (χ4n) is 2.30. The van der Waals surface area contributed by atoms with Crippen LogP contribution in [-0.2, 0) is 11.0 Å². The summed E-state index contributed by atoms with van der Waals surface area (Å²) in [6.45, 7) is 1.94. The van der Waals surface area contributed by atoms with E-state index in [2.05, 4.69) is 15.7 Å². The Morgan fingerprint density at radius 3 is 2.39 bits per heavy atom. The van der Waals surface area contributed by atoms with Gasteiger partial charge >= 0.3 is 6.18 Å². The molecule has 7 nitrogen and oxygen atoms in total. The molecule has 0 atom stereocenters. The van der Waals surface area contributed by atoms with E-state index in [0.29, 0.717) is 23.5 Å². The van der Waals surface area contributed by atoms with Gasteiger partial charge in [0.15, 0.2) is 5.84 Å². The van der Waals surface area contributed by atoms with Crippen LogP contribution in [0.5, 0.6) is 0 Å². The average Bonchev–Trinajstić information content (AvgIpc) is 2.61. The van der Waals surface area contributed by atoms with Crippen molar-refractivity contribution in [2.45, 2.75) is 13.1 Å². The highest BCUT2D eigenvalue weighted by molar-refractivity contribution is 6.02. The number of alkyl halides is 3. The predicted octanol–water partition coefficient (Wildman–Crippen LogP) is 2.38. The Balaban J connectivity index is 2.13. The molecule has 0 bridgehead atoms. The number of para-hydroxylation sites is 1. The van der Waals surface area contributed by atoms with E-state index in [4.69, 9.17) is 11.6 Å². The number of nitrogens with two attached hydrogens (primary N) is 2. The minimum absolute atomic E-state index is 0.111. The van der Waals surface area contributed by atoms with Gasteiger partial charge in [0, 0.05) is 30.4 Å². The number of halogens is 3. The van der Waals surface area contributed by atoms with Gasteiger partial charge in [-0.15, -0.1) is 5.10 Å². The molecule has 0 unspecified atom stereocenters. The molecule has 0 saturated carbocycles.